The lowest BCUT2D eigenvalue weighted by molar-refractivity contribution is -0.127. The van der Waals surface area contributed by atoms with Gasteiger partial charge in [-0.3, -0.25) is 20.4 Å². The van der Waals surface area contributed by atoms with Crippen molar-refractivity contribution >= 4 is 28.8 Å². The number of carbonyl (C=O) groups excluding carboxylic acids is 3. The molecule has 4 amide bonds. The van der Waals surface area contributed by atoms with E-state index in [0.29, 0.717) is 37.6 Å². The Morgan fingerprint density at radius 1 is 1.04 bits per heavy atom. The lowest BCUT2D eigenvalue weighted by Gasteiger charge is -2.31. The third kappa shape index (κ3) is 3.81. The normalized spacial score (nSPS) is 17.4. The Hall–Kier alpha value is -3.03. The topological polar surface area (TPSA) is 104 Å². The van der Waals surface area contributed by atoms with E-state index < -0.39 is 5.91 Å². The zero-order valence-corrected chi connectivity index (χ0v) is 15.8. The largest absolute Gasteiger partial charge is 0.451 e. The van der Waals surface area contributed by atoms with E-state index in [1.165, 1.54) is 0 Å². The van der Waals surface area contributed by atoms with E-state index >= 15 is 0 Å². The highest BCUT2D eigenvalue weighted by atomic mass is 16.3. The average molecular weight is 384 g/mol. The van der Waals surface area contributed by atoms with Gasteiger partial charge in [0.25, 0.3) is 0 Å². The standard InChI is InChI=1S/C20H24N4O4/c1-12-15-4-2-3-5-16(15)28-17(12)19(26)23-22-18(25)13-8-10-24(11-9-13)20(27)21-14-6-7-14/h2-5,13-14H,6-11H2,1H3,(H,21,27)(H,22,25)(H,23,26). The molecule has 2 heterocycles. The number of carbonyl (C=O) groups is 3. The fourth-order valence-electron chi connectivity index (χ4n) is 3.51. The molecule has 1 aliphatic heterocycles. The first kappa shape index (κ1) is 18.3. The maximum absolute atomic E-state index is 12.4. The van der Waals surface area contributed by atoms with Crippen LogP contribution in [0.1, 0.15) is 41.8 Å². The molecule has 0 atom stereocenters. The Labute approximate surface area is 162 Å². The summed E-state index contributed by atoms with van der Waals surface area (Å²) >= 11 is 0. The van der Waals surface area contributed by atoms with Crippen LogP contribution >= 0.6 is 0 Å². The minimum Gasteiger partial charge on any atom is -0.451 e. The van der Waals surface area contributed by atoms with Crippen LogP contribution in [-0.2, 0) is 4.79 Å². The molecule has 0 spiro atoms. The van der Waals surface area contributed by atoms with Crippen LogP contribution < -0.4 is 16.2 Å². The van der Waals surface area contributed by atoms with Crippen molar-refractivity contribution in [3.63, 3.8) is 0 Å². The van der Waals surface area contributed by atoms with Gasteiger partial charge in [0.15, 0.2) is 5.76 Å². The van der Waals surface area contributed by atoms with Gasteiger partial charge in [-0.05, 0) is 38.7 Å². The number of nitrogens with one attached hydrogen (secondary N) is 3. The third-order valence-electron chi connectivity index (χ3n) is 5.41. The first-order valence-electron chi connectivity index (χ1n) is 9.66. The highest BCUT2D eigenvalue weighted by Gasteiger charge is 2.30. The number of furan rings is 1. The summed E-state index contributed by atoms with van der Waals surface area (Å²) in [5.41, 5.74) is 6.30. The maximum Gasteiger partial charge on any atom is 0.317 e. The van der Waals surface area contributed by atoms with Crippen molar-refractivity contribution in [3.05, 3.63) is 35.6 Å². The van der Waals surface area contributed by atoms with E-state index in [0.717, 1.165) is 23.8 Å². The summed E-state index contributed by atoms with van der Waals surface area (Å²) in [6.07, 6.45) is 3.25. The molecule has 0 unspecified atom stereocenters. The van der Waals surface area contributed by atoms with Crippen molar-refractivity contribution in [2.24, 2.45) is 5.92 Å². The van der Waals surface area contributed by atoms with Crippen molar-refractivity contribution in [2.45, 2.75) is 38.6 Å². The van der Waals surface area contributed by atoms with Crippen molar-refractivity contribution in [3.8, 4) is 0 Å². The summed E-state index contributed by atoms with van der Waals surface area (Å²) < 4.78 is 5.60. The van der Waals surface area contributed by atoms with E-state index in [1.54, 1.807) is 11.0 Å². The van der Waals surface area contributed by atoms with Crippen LogP contribution in [0, 0.1) is 12.8 Å². The molecule has 2 aliphatic rings. The van der Waals surface area contributed by atoms with Crippen LogP contribution in [0.5, 0.6) is 0 Å². The molecule has 4 rings (SSSR count). The van der Waals surface area contributed by atoms with Gasteiger partial charge in [0.2, 0.25) is 5.91 Å². The molecule has 8 nitrogen and oxygen atoms in total. The quantitative estimate of drug-likeness (QED) is 0.705. The predicted molar refractivity (Wildman–Crippen MR) is 102 cm³/mol. The number of benzene rings is 1. The predicted octanol–water partition coefficient (Wildman–Crippen LogP) is 2.09. The molecule has 3 N–H and O–H groups in total. The van der Waals surface area contributed by atoms with Crippen molar-refractivity contribution in [1.82, 2.24) is 21.1 Å². The number of aryl methyl sites for hydroxylation is 1. The summed E-state index contributed by atoms with van der Waals surface area (Å²) in [4.78, 5) is 38.6. The van der Waals surface area contributed by atoms with E-state index in [9.17, 15) is 14.4 Å². The second-order valence-electron chi connectivity index (χ2n) is 7.48. The van der Waals surface area contributed by atoms with Crippen LogP contribution in [0.15, 0.2) is 28.7 Å². The van der Waals surface area contributed by atoms with Gasteiger partial charge in [0, 0.05) is 36.0 Å². The number of hydrogen-bond acceptors (Lipinski definition) is 4. The number of hydrazine groups is 1. The van der Waals surface area contributed by atoms with Gasteiger partial charge in [0.1, 0.15) is 5.58 Å². The number of amides is 4. The molecule has 28 heavy (non-hydrogen) atoms. The van der Waals surface area contributed by atoms with Crippen LogP contribution in [0.4, 0.5) is 4.79 Å². The summed E-state index contributed by atoms with van der Waals surface area (Å²) in [6, 6.07) is 7.68. The summed E-state index contributed by atoms with van der Waals surface area (Å²) in [5.74, 6) is -0.775. The van der Waals surface area contributed by atoms with Crippen LogP contribution in [0.3, 0.4) is 0 Å². The molecule has 1 saturated heterocycles. The molecule has 1 aliphatic carbocycles. The molecule has 1 aromatic heterocycles. The zero-order chi connectivity index (χ0) is 19.7. The highest BCUT2D eigenvalue weighted by molar-refractivity contribution is 5.99. The Morgan fingerprint density at radius 2 is 1.75 bits per heavy atom. The van der Waals surface area contributed by atoms with E-state index in [2.05, 4.69) is 16.2 Å². The molecule has 148 valence electrons. The summed E-state index contributed by atoms with van der Waals surface area (Å²) in [6.45, 7) is 2.88. The van der Waals surface area contributed by atoms with Crippen molar-refractivity contribution in [1.29, 1.82) is 0 Å². The van der Waals surface area contributed by atoms with Gasteiger partial charge in [-0.1, -0.05) is 18.2 Å². The molecule has 2 fully saturated rings. The van der Waals surface area contributed by atoms with Gasteiger partial charge in [0.05, 0.1) is 0 Å². The average Bonchev–Trinajstić information content (AvgIpc) is 3.47. The highest BCUT2D eigenvalue weighted by Crippen LogP contribution is 2.25. The Morgan fingerprint density at radius 3 is 2.43 bits per heavy atom. The molecule has 1 aromatic carbocycles. The van der Waals surface area contributed by atoms with Gasteiger partial charge < -0.3 is 14.6 Å². The lowest BCUT2D eigenvalue weighted by atomic mass is 9.96. The van der Waals surface area contributed by atoms with E-state index in [-0.39, 0.29) is 23.6 Å². The first-order valence-corrected chi connectivity index (χ1v) is 9.66. The summed E-state index contributed by atoms with van der Waals surface area (Å²) in [7, 11) is 0. The molecule has 1 saturated carbocycles. The number of rotatable bonds is 3. The second-order valence-corrected chi connectivity index (χ2v) is 7.48. The lowest BCUT2D eigenvalue weighted by Crippen LogP contribution is -2.50. The molecule has 0 bridgehead atoms. The van der Waals surface area contributed by atoms with Gasteiger partial charge in [-0.15, -0.1) is 0 Å². The molecule has 2 aromatic rings. The minimum atomic E-state index is -0.483. The number of hydrogen-bond donors (Lipinski definition) is 3. The smallest absolute Gasteiger partial charge is 0.317 e. The van der Waals surface area contributed by atoms with Crippen LogP contribution in [0.25, 0.3) is 11.0 Å². The number of nitrogens with zero attached hydrogens (tertiary/aromatic N) is 1. The Kier molecular flexibility index (Phi) is 4.93. The SMILES string of the molecule is Cc1c(C(=O)NNC(=O)C2CCN(C(=O)NC3CC3)CC2)oc2ccccc12. The van der Waals surface area contributed by atoms with E-state index in [4.69, 9.17) is 4.42 Å². The zero-order valence-electron chi connectivity index (χ0n) is 15.8. The van der Waals surface area contributed by atoms with Crippen LogP contribution in [0.2, 0.25) is 0 Å². The van der Waals surface area contributed by atoms with Gasteiger partial charge >= 0.3 is 11.9 Å². The molecular formula is C20H24N4O4. The molecular weight excluding hydrogens is 360 g/mol. The number of piperidine rings is 1. The Bertz CT molecular complexity index is 910. The van der Waals surface area contributed by atoms with Crippen molar-refractivity contribution < 1.29 is 18.8 Å². The molecule has 0 radical (unpaired) electrons. The maximum atomic E-state index is 12.4. The summed E-state index contributed by atoms with van der Waals surface area (Å²) in [5, 5.41) is 3.83. The monoisotopic (exact) mass is 384 g/mol. The fourth-order valence-corrected chi connectivity index (χ4v) is 3.51. The molecule has 8 heteroatoms. The number of fused-ring (bicyclic) bond motifs is 1. The number of para-hydroxylation sites is 1. The third-order valence-corrected chi connectivity index (χ3v) is 5.41. The number of likely N-dealkylation sites (tertiary alicyclic amines) is 1. The number of urea groups is 1. The van der Waals surface area contributed by atoms with Gasteiger partial charge in [-0.2, -0.15) is 0 Å². The van der Waals surface area contributed by atoms with Crippen LogP contribution in [-0.4, -0.2) is 41.9 Å². The fraction of sp³-hybridized carbons (Fsp3) is 0.450. The van der Waals surface area contributed by atoms with E-state index in [1.807, 2.05) is 25.1 Å². The minimum absolute atomic E-state index is 0.0463. The van der Waals surface area contributed by atoms with Gasteiger partial charge in [-0.25, -0.2) is 4.79 Å². The first-order chi connectivity index (χ1) is 13.5. The Balaban J connectivity index is 1.27. The second kappa shape index (κ2) is 7.53. The van der Waals surface area contributed by atoms with Crippen molar-refractivity contribution in [2.75, 3.05) is 13.1 Å².